The van der Waals surface area contributed by atoms with Crippen LogP contribution >= 0.6 is 0 Å². The van der Waals surface area contributed by atoms with E-state index in [2.05, 4.69) is 13.8 Å². The number of Topliss-reactive ketones (excluding diaryl/α,β-unsaturated/α-hetero) is 1. The Kier molecular flexibility index (Phi) is 8.98. The van der Waals surface area contributed by atoms with Crippen molar-refractivity contribution in [3.8, 4) is 17.2 Å². The van der Waals surface area contributed by atoms with Crippen LogP contribution in [0.5, 0.6) is 17.2 Å². The molecule has 1 aliphatic rings. The number of carbonyl (C=O) groups is 2. The van der Waals surface area contributed by atoms with E-state index in [1.807, 2.05) is 19.9 Å². The lowest BCUT2D eigenvalue weighted by Crippen LogP contribution is -2.32. The molecular formula is C28H35NO7. The van der Waals surface area contributed by atoms with Crippen molar-refractivity contribution >= 4 is 17.4 Å². The Morgan fingerprint density at radius 1 is 1.06 bits per heavy atom. The molecule has 1 fully saturated rings. The number of aryl methyl sites for hydroxylation is 1. The van der Waals surface area contributed by atoms with Gasteiger partial charge in [0.1, 0.15) is 11.5 Å². The molecule has 2 aromatic carbocycles. The number of ether oxygens (including phenoxy) is 4. The summed E-state index contributed by atoms with van der Waals surface area (Å²) in [7, 11) is 3.05. The van der Waals surface area contributed by atoms with Gasteiger partial charge < -0.3 is 29.0 Å². The van der Waals surface area contributed by atoms with Crippen molar-refractivity contribution in [1.29, 1.82) is 0 Å². The van der Waals surface area contributed by atoms with Gasteiger partial charge in [0.2, 0.25) is 0 Å². The van der Waals surface area contributed by atoms with Crippen molar-refractivity contribution < 1.29 is 33.6 Å². The molecule has 194 valence electrons. The lowest BCUT2D eigenvalue weighted by Gasteiger charge is -2.26. The summed E-state index contributed by atoms with van der Waals surface area (Å²) in [4.78, 5) is 27.7. The van der Waals surface area contributed by atoms with E-state index in [0.717, 1.165) is 5.56 Å². The average molecular weight is 498 g/mol. The zero-order chi connectivity index (χ0) is 26.4. The minimum absolute atomic E-state index is 0.0151. The standard InChI is InChI=1S/C28H35NO7/c1-7-35-22-11-8-19(15-23(22)34-6)25-24(27(31)28(32)29(25)12-13-33-5)26(30)21-10-9-20(14-18(21)4)36-16-17(2)3/h8-11,14-15,17,25,30H,7,12-13,16H2,1-6H3/t25-/m0/s1. The number of hydrogen-bond donors (Lipinski definition) is 1. The van der Waals surface area contributed by atoms with Crippen molar-refractivity contribution in [2.75, 3.05) is 40.6 Å². The predicted molar refractivity (Wildman–Crippen MR) is 137 cm³/mol. The maximum Gasteiger partial charge on any atom is 0.295 e. The van der Waals surface area contributed by atoms with Crippen molar-refractivity contribution in [2.24, 2.45) is 5.92 Å². The number of carbonyl (C=O) groups excluding carboxylic acids is 2. The molecule has 0 aliphatic carbocycles. The molecule has 0 bridgehead atoms. The normalized spacial score (nSPS) is 17.1. The first kappa shape index (κ1) is 27.1. The predicted octanol–water partition coefficient (Wildman–Crippen LogP) is 4.51. The number of likely N-dealkylation sites (tertiary alicyclic amines) is 1. The van der Waals surface area contributed by atoms with Gasteiger partial charge >= 0.3 is 0 Å². The van der Waals surface area contributed by atoms with Gasteiger partial charge in [0.05, 0.1) is 38.5 Å². The molecule has 0 unspecified atom stereocenters. The van der Waals surface area contributed by atoms with Crippen LogP contribution in [0.3, 0.4) is 0 Å². The molecule has 1 aliphatic heterocycles. The van der Waals surface area contributed by atoms with Gasteiger partial charge in [0.25, 0.3) is 11.7 Å². The number of benzene rings is 2. The summed E-state index contributed by atoms with van der Waals surface area (Å²) in [5.74, 6) is 0.375. The Balaban J connectivity index is 2.12. The number of amides is 1. The fourth-order valence-electron chi connectivity index (χ4n) is 4.18. The highest BCUT2D eigenvalue weighted by molar-refractivity contribution is 6.46. The van der Waals surface area contributed by atoms with Crippen LogP contribution in [-0.4, -0.2) is 62.3 Å². The Hall–Kier alpha value is -3.52. The lowest BCUT2D eigenvalue weighted by atomic mass is 9.93. The van der Waals surface area contributed by atoms with Crippen LogP contribution in [0.15, 0.2) is 42.0 Å². The van der Waals surface area contributed by atoms with Crippen molar-refractivity contribution in [2.45, 2.75) is 33.7 Å². The van der Waals surface area contributed by atoms with Gasteiger partial charge in [-0.1, -0.05) is 19.9 Å². The molecule has 3 rings (SSSR count). The zero-order valence-electron chi connectivity index (χ0n) is 21.8. The van der Waals surface area contributed by atoms with Gasteiger partial charge in [-0.05, 0) is 61.2 Å². The summed E-state index contributed by atoms with van der Waals surface area (Å²) in [6.07, 6.45) is 0. The topological polar surface area (TPSA) is 94.5 Å². The van der Waals surface area contributed by atoms with E-state index in [1.165, 1.54) is 19.1 Å². The fraction of sp³-hybridized carbons (Fsp3) is 0.429. The van der Waals surface area contributed by atoms with E-state index in [1.54, 1.807) is 30.3 Å². The monoisotopic (exact) mass is 497 g/mol. The Morgan fingerprint density at radius 2 is 1.81 bits per heavy atom. The minimum Gasteiger partial charge on any atom is -0.507 e. The SMILES string of the molecule is CCOc1ccc([C@H]2C(=C(O)c3ccc(OCC(C)C)cc3C)C(=O)C(=O)N2CCOC)cc1OC. The molecule has 1 amide bonds. The maximum atomic E-state index is 13.2. The van der Waals surface area contributed by atoms with Crippen molar-refractivity contribution in [3.63, 3.8) is 0 Å². The lowest BCUT2D eigenvalue weighted by molar-refractivity contribution is -0.140. The molecule has 1 N–H and O–H groups in total. The van der Waals surface area contributed by atoms with E-state index >= 15 is 0 Å². The highest BCUT2D eigenvalue weighted by atomic mass is 16.5. The number of hydrogen-bond acceptors (Lipinski definition) is 7. The van der Waals surface area contributed by atoms with Crippen LogP contribution in [0.1, 0.15) is 43.5 Å². The summed E-state index contributed by atoms with van der Waals surface area (Å²) in [6.45, 7) is 9.25. The van der Waals surface area contributed by atoms with Crippen LogP contribution in [0.25, 0.3) is 5.76 Å². The second-order valence-corrected chi connectivity index (χ2v) is 9.01. The van der Waals surface area contributed by atoms with Crippen molar-refractivity contribution in [3.05, 3.63) is 58.7 Å². The van der Waals surface area contributed by atoms with Crippen LogP contribution in [0.4, 0.5) is 0 Å². The number of methoxy groups -OCH3 is 2. The fourth-order valence-corrected chi connectivity index (χ4v) is 4.18. The molecule has 0 spiro atoms. The first-order valence-electron chi connectivity index (χ1n) is 12.0. The third-order valence-electron chi connectivity index (χ3n) is 5.92. The molecular weight excluding hydrogens is 462 g/mol. The smallest absolute Gasteiger partial charge is 0.295 e. The summed E-state index contributed by atoms with van der Waals surface area (Å²) in [5.41, 5.74) is 1.81. The highest BCUT2D eigenvalue weighted by Crippen LogP contribution is 2.42. The molecule has 0 aromatic heterocycles. The molecule has 1 atom stereocenters. The largest absolute Gasteiger partial charge is 0.507 e. The Morgan fingerprint density at radius 3 is 2.42 bits per heavy atom. The first-order valence-corrected chi connectivity index (χ1v) is 12.0. The Bertz CT molecular complexity index is 1140. The summed E-state index contributed by atoms with van der Waals surface area (Å²) >= 11 is 0. The van der Waals surface area contributed by atoms with Crippen molar-refractivity contribution in [1.82, 2.24) is 4.90 Å². The number of rotatable bonds is 11. The second-order valence-electron chi connectivity index (χ2n) is 9.01. The average Bonchev–Trinajstić information content (AvgIpc) is 3.11. The van der Waals surface area contributed by atoms with E-state index in [4.69, 9.17) is 18.9 Å². The maximum absolute atomic E-state index is 13.2. The number of aliphatic hydroxyl groups excluding tert-OH is 1. The van der Waals surface area contributed by atoms with Crippen LogP contribution in [0, 0.1) is 12.8 Å². The molecule has 8 heteroatoms. The van der Waals surface area contributed by atoms with Gasteiger partial charge in [-0.3, -0.25) is 9.59 Å². The number of nitrogens with zero attached hydrogens (tertiary/aromatic N) is 1. The summed E-state index contributed by atoms with van der Waals surface area (Å²) < 4.78 is 22.1. The van der Waals surface area contributed by atoms with E-state index in [0.29, 0.717) is 47.5 Å². The van der Waals surface area contributed by atoms with Crippen LogP contribution < -0.4 is 14.2 Å². The minimum atomic E-state index is -0.819. The number of ketones is 1. The summed E-state index contributed by atoms with van der Waals surface area (Å²) in [6, 6.07) is 9.69. The van der Waals surface area contributed by atoms with E-state index in [9.17, 15) is 14.7 Å². The van der Waals surface area contributed by atoms with Gasteiger partial charge in [-0.25, -0.2) is 0 Å². The second kappa shape index (κ2) is 11.9. The zero-order valence-corrected chi connectivity index (χ0v) is 21.8. The first-order chi connectivity index (χ1) is 17.2. The quantitative estimate of drug-likeness (QED) is 0.277. The van der Waals surface area contributed by atoms with Crippen LogP contribution in [0.2, 0.25) is 0 Å². The van der Waals surface area contributed by atoms with Gasteiger partial charge in [-0.2, -0.15) is 0 Å². The Labute approximate surface area is 212 Å². The van der Waals surface area contributed by atoms with E-state index in [-0.39, 0.29) is 24.5 Å². The highest BCUT2D eigenvalue weighted by Gasteiger charge is 2.46. The van der Waals surface area contributed by atoms with E-state index < -0.39 is 17.7 Å². The van der Waals surface area contributed by atoms with Crippen LogP contribution in [-0.2, 0) is 14.3 Å². The van der Waals surface area contributed by atoms with Gasteiger partial charge in [0.15, 0.2) is 11.5 Å². The third kappa shape index (κ3) is 5.65. The molecule has 0 radical (unpaired) electrons. The van der Waals surface area contributed by atoms with Gasteiger partial charge in [0, 0.05) is 19.2 Å². The molecule has 8 nitrogen and oxygen atoms in total. The molecule has 0 saturated carbocycles. The number of aliphatic hydroxyl groups is 1. The van der Waals surface area contributed by atoms with Gasteiger partial charge in [-0.15, -0.1) is 0 Å². The molecule has 2 aromatic rings. The molecule has 36 heavy (non-hydrogen) atoms. The third-order valence-corrected chi connectivity index (χ3v) is 5.92. The molecule has 1 saturated heterocycles. The summed E-state index contributed by atoms with van der Waals surface area (Å²) in [5, 5.41) is 11.4. The molecule has 1 heterocycles.